The van der Waals surface area contributed by atoms with Crippen LogP contribution in [0.15, 0.2) is 48.8 Å². The quantitative estimate of drug-likeness (QED) is 0.787. The summed E-state index contributed by atoms with van der Waals surface area (Å²) >= 11 is 0. The summed E-state index contributed by atoms with van der Waals surface area (Å²) in [6.07, 6.45) is 6.47. The molecule has 2 N–H and O–H groups in total. The lowest BCUT2D eigenvalue weighted by Crippen LogP contribution is -2.35. The van der Waals surface area contributed by atoms with Gasteiger partial charge in [-0.25, -0.2) is 0 Å². The zero-order valence-corrected chi connectivity index (χ0v) is 16.7. The first-order valence-corrected chi connectivity index (χ1v) is 10.1. The summed E-state index contributed by atoms with van der Waals surface area (Å²) < 4.78 is 0. The third-order valence-electron chi connectivity index (χ3n) is 5.53. The van der Waals surface area contributed by atoms with Crippen LogP contribution in [0.5, 0.6) is 0 Å². The van der Waals surface area contributed by atoms with Crippen LogP contribution < -0.4 is 10.6 Å². The minimum Gasteiger partial charge on any atom is -0.352 e. The molecule has 1 aromatic carbocycles. The number of anilines is 1. The highest BCUT2D eigenvalue weighted by Crippen LogP contribution is 2.30. The van der Waals surface area contributed by atoms with Crippen LogP contribution in [0, 0.1) is 11.8 Å². The molecular weight excluding hydrogens is 350 g/mol. The zero-order valence-electron chi connectivity index (χ0n) is 16.7. The van der Waals surface area contributed by atoms with Crippen LogP contribution in [0.25, 0.3) is 0 Å². The van der Waals surface area contributed by atoms with E-state index in [1.165, 1.54) is 5.56 Å². The Hall–Kier alpha value is -2.69. The predicted octanol–water partition coefficient (Wildman–Crippen LogP) is 4.27. The highest BCUT2D eigenvalue weighted by molar-refractivity contribution is 5.92. The number of pyridine rings is 1. The van der Waals surface area contributed by atoms with E-state index in [1.807, 2.05) is 24.3 Å². The van der Waals surface area contributed by atoms with Crippen LogP contribution in [0.1, 0.15) is 56.6 Å². The average molecular weight is 380 g/mol. The van der Waals surface area contributed by atoms with Crippen LogP contribution in [-0.2, 0) is 16.1 Å². The van der Waals surface area contributed by atoms with Gasteiger partial charge in [0.05, 0.1) is 0 Å². The lowest BCUT2D eigenvalue weighted by molar-refractivity contribution is -0.128. The maximum atomic E-state index is 12.6. The largest absolute Gasteiger partial charge is 0.352 e. The molecule has 1 saturated carbocycles. The van der Waals surface area contributed by atoms with Crippen molar-refractivity contribution in [2.24, 2.45) is 11.8 Å². The van der Waals surface area contributed by atoms with Gasteiger partial charge in [0.1, 0.15) is 0 Å². The van der Waals surface area contributed by atoms with E-state index in [1.54, 1.807) is 12.4 Å². The molecule has 5 nitrogen and oxygen atoms in total. The van der Waals surface area contributed by atoms with Gasteiger partial charge in [-0.05, 0) is 67.0 Å². The fourth-order valence-corrected chi connectivity index (χ4v) is 3.65. The Morgan fingerprint density at radius 2 is 1.50 bits per heavy atom. The maximum absolute atomic E-state index is 12.6. The molecule has 1 aliphatic carbocycles. The first kappa shape index (κ1) is 20.1. The summed E-state index contributed by atoms with van der Waals surface area (Å²) in [5.74, 6) is 0.600. The highest BCUT2D eigenvalue weighted by atomic mass is 16.2. The Labute approximate surface area is 167 Å². The number of carbonyl (C=O) groups excluding carboxylic acids is 2. The number of hydrogen-bond acceptors (Lipinski definition) is 3. The minimum absolute atomic E-state index is 0.00351. The van der Waals surface area contributed by atoms with Gasteiger partial charge in [-0.1, -0.05) is 26.0 Å². The summed E-state index contributed by atoms with van der Waals surface area (Å²) in [7, 11) is 0. The maximum Gasteiger partial charge on any atom is 0.227 e. The molecule has 5 heteroatoms. The van der Waals surface area contributed by atoms with Crippen molar-refractivity contribution >= 4 is 17.5 Å². The van der Waals surface area contributed by atoms with Crippen molar-refractivity contribution in [3.8, 4) is 0 Å². The van der Waals surface area contributed by atoms with E-state index in [0.717, 1.165) is 36.9 Å². The molecule has 0 atom stereocenters. The van der Waals surface area contributed by atoms with Gasteiger partial charge in [-0.2, -0.15) is 0 Å². The number of nitrogens with one attached hydrogen (secondary N) is 2. The molecule has 0 aliphatic heterocycles. The van der Waals surface area contributed by atoms with Crippen LogP contribution in [0.2, 0.25) is 0 Å². The van der Waals surface area contributed by atoms with Crippen molar-refractivity contribution < 1.29 is 9.59 Å². The Morgan fingerprint density at radius 1 is 0.929 bits per heavy atom. The van der Waals surface area contributed by atoms with Gasteiger partial charge in [0.2, 0.25) is 11.8 Å². The Balaban J connectivity index is 1.43. The molecule has 0 bridgehead atoms. The molecule has 2 amide bonds. The van der Waals surface area contributed by atoms with E-state index in [0.29, 0.717) is 12.5 Å². The summed E-state index contributed by atoms with van der Waals surface area (Å²) in [6.45, 7) is 4.83. The molecule has 1 fully saturated rings. The van der Waals surface area contributed by atoms with Crippen molar-refractivity contribution in [1.82, 2.24) is 10.3 Å². The lowest BCUT2D eigenvalue weighted by atomic mass is 9.81. The van der Waals surface area contributed by atoms with Crippen molar-refractivity contribution in [3.05, 3.63) is 59.9 Å². The Bertz CT molecular complexity index is 779. The molecule has 28 heavy (non-hydrogen) atoms. The molecule has 0 radical (unpaired) electrons. The van der Waals surface area contributed by atoms with Gasteiger partial charge in [0.15, 0.2) is 0 Å². The third kappa shape index (κ3) is 5.41. The average Bonchev–Trinajstić information content (AvgIpc) is 2.73. The molecule has 1 aromatic heterocycles. The lowest BCUT2D eigenvalue weighted by Gasteiger charge is -2.27. The number of rotatable bonds is 6. The molecule has 148 valence electrons. The van der Waals surface area contributed by atoms with E-state index >= 15 is 0 Å². The number of carbonyl (C=O) groups is 2. The number of aromatic nitrogens is 1. The van der Waals surface area contributed by atoms with E-state index in [4.69, 9.17) is 0 Å². The smallest absolute Gasteiger partial charge is 0.227 e. The highest BCUT2D eigenvalue weighted by Gasteiger charge is 2.29. The SMILES string of the molecule is CC(C)c1ccc(NC(=O)C2CCC(C(=O)NCc3ccncc3)CC2)cc1. The normalized spacial score (nSPS) is 19.2. The molecule has 2 aromatic rings. The molecule has 1 heterocycles. The predicted molar refractivity (Wildman–Crippen MR) is 111 cm³/mol. The van der Waals surface area contributed by atoms with E-state index in [2.05, 4.69) is 41.6 Å². The molecular formula is C23H29N3O2. The topological polar surface area (TPSA) is 71.1 Å². The van der Waals surface area contributed by atoms with Crippen molar-refractivity contribution in [1.29, 1.82) is 0 Å². The Morgan fingerprint density at radius 3 is 2.07 bits per heavy atom. The second kappa shape index (κ2) is 9.49. The van der Waals surface area contributed by atoms with Crippen molar-refractivity contribution in [2.75, 3.05) is 5.32 Å². The van der Waals surface area contributed by atoms with Crippen LogP contribution in [0.4, 0.5) is 5.69 Å². The van der Waals surface area contributed by atoms with Gasteiger partial charge in [0.25, 0.3) is 0 Å². The van der Waals surface area contributed by atoms with Crippen molar-refractivity contribution in [2.45, 2.75) is 52.0 Å². The molecule has 3 rings (SSSR count). The first-order valence-electron chi connectivity index (χ1n) is 10.1. The second-order valence-corrected chi connectivity index (χ2v) is 7.89. The van der Waals surface area contributed by atoms with Gasteiger partial charge in [-0.15, -0.1) is 0 Å². The zero-order chi connectivity index (χ0) is 19.9. The van der Waals surface area contributed by atoms with Crippen LogP contribution in [0.3, 0.4) is 0 Å². The summed E-state index contributed by atoms with van der Waals surface area (Å²) in [4.78, 5) is 28.9. The van der Waals surface area contributed by atoms with Crippen molar-refractivity contribution in [3.63, 3.8) is 0 Å². The number of benzene rings is 1. The fraction of sp³-hybridized carbons (Fsp3) is 0.435. The second-order valence-electron chi connectivity index (χ2n) is 7.89. The van der Waals surface area contributed by atoms with E-state index in [9.17, 15) is 9.59 Å². The minimum atomic E-state index is -0.0194. The molecule has 0 unspecified atom stereocenters. The summed E-state index contributed by atoms with van der Waals surface area (Å²) in [5, 5.41) is 6.02. The van der Waals surface area contributed by atoms with Gasteiger partial charge >= 0.3 is 0 Å². The monoisotopic (exact) mass is 379 g/mol. The van der Waals surface area contributed by atoms with E-state index in [-0.39, 0.29) is 23.7 Å². The van der Waals surface area contributed by atoms with Gasteiger partial charge in [0, 0.05) is 36.5 Å². The first-order chi connectivity index (χ1) is 13.5. The standard InChI is InChI=1S/C23H29N3O2/c1-16(2)18-7-9-21(10-8-18)26-23(28)20-5-3-19(4-6-20)22(27)25-15-17-11-13-24-14-12-17/h7-14,16,19-20H,3-6,15H2,1-2H3,(H,25,27)(H,26,28). The van der Waals surface area contributed by atoms with Gasteiger partial charge in [-0.3, -0.25) is 14.6 Å². The molecule has 0 saturated heterocycles. The van der Waals surface area contributed by atoms with E-state index < -0.39 is 0 Å². The van der Waals surface area contributed by atoms with Crippen LogP contribution >= 0.6 is 0 Å². The van der Waals surface area contributed by atoms with Crippen LogP contribution in [-0.4, -0.2) is 16.8 Å². The number of amides is 2. The molecule has 0 spiro atoms. The molecule has 1 aliphatic rings. The Kier molecular flexibility index (Phi) is 6.80. The third-order valence-corrected chi connectivity index (χ3v) is 5.53. The fourth-order valence-electron chi connectivity index (χ4n) is 3.65. The summed E-state index contributed by atoms with van der Waals surface area (Å²) in [6, 6.07) is 11.8. The number of nitrogens with zero attached hydrogens (tertiary/aromatic N) is 1. The van der Waals surface area contributed by atoms with Gasteiger partial charge < -0.3 is 10.6 Å². The number of hydrogen-bond donors (Lipinski definition) is 2. The summed E-state index contributed by atoms with van der Waals surface area (Å²) in [5.41, 5.74) is 3.14.